The van der Waals surface area contributed by atoms with Crippen LogP contribution in [0.2, 0.25) is 0 Å². The van der Waals surface area contributed by atoms with Crippen molar-refractivity contribution in [1.29, 1.82) is 0 Å². The van der Waals surface area contributed by atoms with E-state index in [0.29, 0.717) is 5.54 Å². The van der Waals surface area contributed by atoms with Gasteiger partial charge in [-0.15, -0.1) is 0 Å². The molecule has 0 aromatic carbocycles. The molecule has 0 aromatic heterocycles. The van der Waals surface area contributed by atoms with Crippen LogP contribution >= 0.6 is 0 Å². The maximum absolute atomic E-state index is 3.68. The average molecular weight is 212 g/mol. The second-order valence-corrected chi connectivity index (χ2v) is 5.48. The molecule has 0 radical (unpaired) electrons. The molecule has 2 heteroatoms. The molecule has 0 amide bonds. The van der Waals surface area contributed by atoms with Crippen LogP contribution in [0.15, 0.2) is 0 Å². The quantitative estimate of drug-likeness (QED) is 0.753. The third-order valence-electron chi connectivity index (χ3n) is 3.54. The van der Waals surface area contributed by atoms with Gasteiger partial charge in [-0.25, -0.2) is 0 Å². The molecular weight excluding hydrogens is 184 g/mol. The van der Waals surface area contributed by atoms with Crippen molar-refractivity contribution in [2.24, 2.45) is 0 Å². The third kappa shape index (κ3) is 3.76. The van der Waals surface area contributed by atoms with E-state index in [0.717, 1.165) is 12.6 Å². The van der Waals surface area contributed by atoms with Crippen molar-refractivity contribution in [3.63, 3.8) is 0 Å². The van der Waals surface area contributed by atoms with E-state index in [9.17, 15) is 0 Å². The Labute approximate surface area is 95.4 Å². The molecule has 1 aliphatic rings. The fourth-order valence-corrected chi connectivity index (χ4v) is 2.37. The zero-order valence-corrected chi connectivity index (χ0v) is 11.0. The Morgan fingerprint density at radius 1 is 1.27 bits per heavy atom. The number of hydrogen-bond acceptors (Lipinski definition) is 2. The monoisotopic (exact) mass is 212 g/mol. The molecule has 15 heavy (non-hydrogen) atoms. The first-order chi connectivity index (χ1) is 7.10. The van der Waals surface area contributed by atoms with Crippen LogP contribution in [0.4, 0.5) is 0 Å². The van der Waals surface area contributed by atoms with Crippen LogP contribution < -0.4 is 5.32 Å². The average Bonchev–Trinajstić information content (AvgIpc) is 2.19. The molecule has 1 N–H and O–H groups in total. The van der Waals surface area contributed by atoms with Crippen molar-refractivity contribution in [1.82, 2.24) is 10.2 Å². The molecule has 0 aromatic rings. The van der Waals surface area contributed by atoms with E-state index in [1.807, 2.05) is 0 Å². The summed E-state index contributed by atoms with van der Waals surface area (Å²) in [5.74, 6) is 0. The Hall–Kier alpha value is -0.0800. The minimum Gasteiger partial charge on any atom is -0.311 e. The third-order valence-corrected chi connectivity index (χ3v) is 3.54. The highest BCUT2D eigenvalue weighted by atomic mass is 15.3. The Morgan fingerprint density at radius 2 is 2.00 bits per heavy atom. The first-order valence-corrected chi connectivity index (χ1v) is 6.58. The SMILES string of the molecule is CCCCN1CC(CCC)NCC1(C)C. The van der Waals surface area contributed by atoms with Gasteiger partial charge in [0.05, 0.1) is 0 Å². The Morgan fingerprint density at radius 3 is 2.60 bits per heavy atom. The predicted molar refractivity (Wildman–Crippen MR) is 67.3 cm³/mol. The molecule has 0 spiro atoms. The van der Waals surface area contributed by atoms with Crippen LogP contribution in [-0.2, 0) is 0 Å². The molecule has 1 saturated heterocycles. The number of nitrogens with one attached hydrogen (secondary N) is 1. The number of unbranched alkanes of at least 4 members (excludes halogenated alkanes) is 1. The number of hydrogen-bond donors (Lipinski definition) is 1. The van der Waals surface area contributed by atoms with Gasteiger partial charge in [0.2, 0.25) is 0 Å². The number of piperazine rings is 1. The summed E-state index contributed by atoms with van der Waals surface area (Å²) in [7, 11) is 0. The van der Waals surface area contributed by atoms with Crippen LogP contribution in [0, 0.1) is 0 Å². The molecule has 2 nitrogen and oxygen atoms in total. The van der Waals surface area contributed by atoms with Gasteiger partial charge in [0.1, 0.15) is 0 Å². The lowest BCUT2D eigenvalue weighted by atomic mass is 9.95. The van der Waals surface area contributed by atoms with Crippen molar-refractivity contribution in [2.45, 2.75) is 65.0 Å². The molecule has 0 saturated carbocycles. The molecule has 1 unspecified atom stereocenters. The summed E-state index contributed by atoms with van der Waals surface area (Å²) in [6, 6.07) is 0.722. The molecular formula is C13H28N2. The second kappa shape index (κ2) is 5.86. The van der Waals surface area contributed by atoms with Crippen LogP contribution in [0.5, 0.6) is 0 Å². The van der Waals surface area contributed by atoms with Crippen molar-refractivity contribution < 1.29 is 0 Å². The van der Waals surface area contributed by atoms with Crippen molar-refractivity contribution >= 4 is 0 Å². The van der Waals surface area contributed by atoms with E-state index in [4.69, 9.17) is 0 Å². The fourth-order valence-electron chi connectivity index (χ4n) is 2.37. The van der Waals surface area contributed by atoms with E-state index >= 15 is 0 Å². The summed E-state index contributed by atoms with van der Waals surface area (Å²) < 4.78 is 0. The summed E-state index contributed by atoms with van der Waals surface area (Å²) in [5, 5.41) is 3.68. The van der Waals surface area contributed by atoms with Gasteiger partial charge in [-0.05, 0) is 33.2 Å². The van der Waals surface area contributed by atoms with Gasteiger partial charge in [-0.2, -0.15) is 0 Å². The Kier molecular flexibility index (Phi) is 5.07. The highest BCUT2D eigenvalue weighted by Crippen LogP contribution is 2.20. The minimum absolute atomic E-state index is 0.347. The summed E-state index contributed by atoms with van der Waals surface area (Å²) in [5.41, 5.74) is 0.347. The molecule has 0 aliphatic carbocycles. The summed E-state index contributed by atoms with van der Waals surface area (Å²) in [6.45, 7) is 12.9. The fraction of sp³-hybridized carbons (Fsp3) is 1.00. The first-order valence-electron chi connectivity index (χ1n) is 6.58. The highest BCUT2D eigenvalue weighted by molar-refractivity contribution is 4.92. The van der Waals surface area contributed by atoms with Gasteiger partial charge in [-0.1, -0.05) is 26.7 Å². The molecule has 0 bridgehead atoms. The van der Waals surface area contributed by atoms with Crippen molar-refractivity contribution in [3.8, 4) is 0 Å². The normalized spacial score (nSPS) is 26.8. The lowest BCUT2D eigenvalue weighted by molar-refractivity contribution is 0.0626. The van der Waals surface area contributed by atoms with Crippen molar-refractivity contribution in [2.75, 3.05) is 19.6 Å². The lowest BCUT2D eigenvalue weighted by Crippen LogP contribution is -2.61. The zero-order chi connectivity index (χ0) is 11.3. The largest absolute Gasteiger partial charge is 0.311 e. The molecule has 1 atom stereocenters. The van der Waals surface area contributed by atoms with Crippen LogP contribution in [0.1, 0.15) is 53.4 Å². The van der Waals surface area contributed by atoms with Gasteiger partial charge in [-0.3, -0.25) is 4.90 Å². The Balaban J connectivity index is 2.46. The van der Waals surface area contributed by atoms with Gasteiger partial charge in [0.25, 0.3) is 0 Å². The summed E-state index contributed by atoms with van der Waals surface area (Å²) >= 11 is 0. The standard InChI is InChI=1S/C13H28N2/c1-5-7-9-15-10-12(8-6-2)14-11-13(15,3)4/h12,14H,5-11H2,1-4H3. The van der Waals surface area contributed by atoms with E-state index in [2.05, 4.69) is 37.9 Å². The maximum Gasteiger partial charge on any atom is 0.0278 e. The summed E-state index contributed by atoms with van der Waals surface area (Å²) in [6.07, 6.45) is 5.25. The molecule has 1 heterocycles. The lowest BCUT2D eigenvalue weighted by Gasteiger charge is -2.46. The predicted octanol–water partition coefficient (Wildman–Crippen LogP) is 2.64. The van der Waals surface area contributed by atoms with Crippen LogP contribution in [0.3, 0.4) is 0 Å². The zero-order valence-electron chi connectivity index (χ0n) is 11.0. The van der Waals surface area contributed by atoms with Crippen LogP contribution in [0.25, 0.3) is 0 Å². The van der Waals surface area contributed by atoms with Gasteiger partial charge >= 0.3 is 0 Å². The molecule has 1 aliphatic heterocycles. The van der Waals surface area contributed by atoms with E-state index in [1.165, 1.54) is 38.8 Å². The van der Waals surface area contributed by atoms with Gasteiger partial charge < -0.3 is 5.32 Å². The molecule has 90 valence electrons. The first kappa shape index (κ1) is 13.0. The van der Waals surface area contributed by atoms with E-state index in [-0.39, 0.29) is 0 Å². The van der Waals surface area contributed by atoms with Crippen LogP contribution in [-0.4, -0.2) is 36.1 Å². The highest BCUT2D eigenvalue weighted by Gasteiger charge is 2.32. The van der Waals surface area contributed by atoms with Gasteiger partial charge in [0, 0.05) is 24.7 Å². The number of rotatable bonds is 5. The second-order valence-electron chi connectivity index (χ2n) is 5.48. The minimum atomic E-state index is 0.347. The van der Waals surface area contributed by atoms with E-state index < -0.39 is 0 Å². The Bertz CT molecular complexity index is 177. The smallest absolute Gasteiger partial charge is 0.0278 e. The molecule has 1 fully saturated rings. The number of nitrogens with zero attached hydrogens (tertiary/aromatic N) is 1. The maximum atomic E-state index is 3.68. The van der Waals surface area contributed by atoms with Crippen molar-refractivity contribution in [3.05, 3.63) is 0 Å². The van der Waals surface area contributed by atoms with Gasteiger partial charge in [0.15, 0.2) is 0 Å². The topological polar surface area (TPSA) is 15.3 Å². The molecule has 1 rings (SSSR count). The van der Waals surface area contributed by atoms with E-state index in [1.54, 1.807) is 0 Å². The summed E-state index contributed by atoms with van der Waals surface area (Å²) in [4.78, 5) is 2.67.